The van der Waals surface area contributed by atoms with Crippen molar-refractivity contribution in [3.8, 4) is 21.8 Å². The van der Waals surface area contributed by atoms with Crippen LogP contribution in [-0.4, -0.2) is 59.7 Å². The van der Waals surface area contributed by atoms with E-state index in [0.717, 1.165) is 47.0 Å². The lowest BCUT2D eigenvalue weighted by molar-refractivity contribution is -0.116. The summed E-state index contributed by atoms with van der Waals surface area (Å²) in [6.07, 6.45) is 7.74. The number of hydrogen-bond donors (Lipinski definition) is 2. The number of carbonyl (C=O) groups is 2. The van der Waals surface area contributed by atoms with E-state index >= 15 is 0 Å². The Morgan fingerprint density at radius 3 is 2.75 bits per heavy atom. The van der Waals surface area contributed by atoms with Gasteiger partial charge in [-0.3, -0.25) is 24.2 Å². The molecule has 0 aromatic carbocycles. The Morgan fingerprint density at radius 1 is 1.28 bits per heavy atom. The number of amides is 2. The van der Waals surface area contributed by atoms with Crippen LogP contribution in [-0.2, 0) is 11.8 Å². The minimum Gasteiger partial charge on any atom is -0.365 e. The van der Waals surface area contributed by atoms with Gasteiger partial charge in [0.1, 0.15) is 10.5 Å². The van der Waals surface area contributed by atoms with Gasteiger partial charge in [0, 0.05) is 43.0 Å². The molecule has 1 saturated heterocycles. The molecule has 11 heteroatoms. The molecule has 188 valence electrons. The van der Waals surface area contributed by atoms with Crippen molar-refractivity contribution in [2.45, 2.75) is 45.6 Å². The molecule has 4 aromatic heterocycles. The summed E-state index contributed by atoms with van der Waals surface area (Å²) in [5.41, 5.74) is 9.75. The number of primary amides is 1. The predicted octanol–water partition coefficient (Wildman–Crippen LogP) is 3.47. The summed E-state index contributed by atoms with van der Waals surface area (Å²) in [5, 5.41) is 12.0. The molecule has 0 unspecified atom stereocenters. The second-order valence-electron chi connectivity index (χ2n) is 9.85. The van der Waals surface area contributed by atoms with Crippen molar-refractivity contribution in [1.29, 1.82) is 0 Å². The standard InChI is InChI=1S/C25H30N8O2S/c1-15-17(12-16(13-27-15)29-20(34)7-11-32-9-5-8-25(32,2)3)21-22(19-6-10-31(4)30-19)36-24-18(23(26)35)14-28-33(21)24/h6,10,12-14H,5,7-9,11H2,1-4H3,(H2,26,35)(H,29,34). The number of carbonyl (C=O) groups excluding carboxylic acids is 2. The first kappa shape index (κ1) is 24.1. The lowest BCUT2D eigenvalue weighted by Crippen LogP contribution is -2.39. The fourth-order valence-corrected chi connectivity index (χ4v) is 6.02. The van der Waals surface area contributed by atoms with E-state index in [-0.39, 0.29) is 11.4 Å². The van der Waals surface area contributed by atoms with Crippen molar-refractivity contribution in [2.75, 3.05) is 18.4 Å². The maximum atomic E-state index is 12.8. The quantitative estimate of drug-likeness (QED) is 0.396. The average molecular weight is 507 g/mol. The number of aryl methyl sites for hydroxylation is 2. The number of aromatic nitrogens is 5. The highest BCUT2D eigenvalue weighted by molar-refractivity contribution is 7.21. The smallest absolute Gasteiger partial charge is 0.253 e. The lowest BCUT2D eigenvalue weighted by atomic mass is 10.0. The molecule has 0 aliphatic carbocycles. The van der Waals surface area contributed by atoms with Gasteiger partial charge in [0.25, 0.3) is 5.91 Å². The fraction of sp³-hybridized carbons (Fsp3) is 0.400. The molecule has 1 aliphatic rings. The number of fused-ring (bicyclic) bond motifs is 1. The third kappa shape index (κ3) is 4.40. The number of hydrogen-bond acceptors (Lipinski definition) is 7. The number of nitrogens with zero attached hydrogens (tertiary/aromatic N) is 6. The van der Waals surface area contributed by atoms with Crippen LogP contribution >= 0.6 is 11.3 Å². The molecule has 10 nitrogen and oxygen atoms in total. The van der Waals surface area contributed by atoms with Crippen LogP contribution < -0.4 is 11.1 Å². The largest absolute Gasteiger partial charge is 0.365 e. The first-order valence-corrected chi connectivity index (χ1v) is 12.8. The summed E-state index contributed by atoms with van der Waals surface area (Å²) in [5.74, 6) is -0.591. The second kappa shape index (κ2) is 9.14. The number of nitrogens with two attached hydrogens (primary N) is 1. The van der Waals surface area contributed by atoms with Gasteiger partial charge in [-0.1, -0.05) is 0 Å². The fourth-order valence-electron chi connectivity index (χ4n) is 4.83. The Balaban J connectivity index is 1.48. The molecule has 1 aliphatic heterocycles. The minimum absolute atomic E-state index is 0.0511. The van der Waals surface area contributed by atoms with Gasteiger partial charge in [0.15, 0.2) is 0 Å². The molecular formula is C25H30N8O2S. The number of nitrogens with one attached hydrogen (secondary N) is 1. The van der Waals surface area contributed by atoms with Gasteiger partial charge >= 0.3 is 0 Å². The van der Waals surface area contributed by atoms with Crippen LogP contribution in [0, 0.1) is 6.92 Å². The highest BCUT2D eigenvalue weighted by atomic mass is 32.1. The maximum Gasteiger partial charge on any atom is 0.253 e. The van der Waals surface area contributed by atoms with Crippen molar-refractivity contribution in [3.63, 3.8) is 0 Å². The van der Waals surface area contributed by atoms with Crippen molar-refractivity contribution in [3.05, 3.63) is 42.0 Å². The SMILES string of the molecule is Cc1ncc(NC(=O)CCN2CCCC2(C)C)cc1-c1c(-c2ccn(C)n2)sc2c(C(N)=O)cnn12. The topological polar surface area (TPSA) is 123 Å². The van der Waals surface area contributed by atoms with E-state index in [1.165, 1.54) is 24.0 Å². The van der Waals surface area contributed by atoms with E-state index in [1.807, 2.05) is 32.3 Å². The van der Waals surface area contributed by atoms with Crippen LogP contribution in [0.25, 0.3) is 26.7 Å². The summed E-state index contributed by atoms with van der Waals surface area (Å²) in [4.78, 5) is 33.2. The van der Waals surface area contributed by atoms with Crippen LogP contribution in [0.15, 0.2) is 30.7 Å². The Labute approximate surface area is 213 Å². The zero-order chi connectivity index (χ0) is 25.6. The average Bonchev–Trinajstić information content (AvgIpc) is 3.57. The van der Waals surface area contributed by atoms with E-state index < -0.39 is 5.91 Å². The van der Waals surface area contributed by atoms with Crippen molar-refractivity contribution in [2.24, 2.45) is 12.8 Å². The van der Waals surface area contributed by atoms with E-state index in [0.29, 0.717) is 22.5 Å². The first-order valence-electron chi connectivity index (χ1n) is 12.0. The van der Waals surface area contributed by atoms with Gasteiger partial charge in [-0.25, -0.2) is 4.52 Å². The molecule has 0 bridgehead atoms. The van der Waals surface area contributed by atoms with Crippen LogP contribution in [0.5, 0.6) is 0 Å². The molecule has 0 atom stereocenters. The van der Waals surface area contributed by atoms with Crippen LogP contribution in [0.3, 0.4) is 0 Å². The van der Waals surface area contributed by atoms with E-state index in [9.17, 15) is 9.59 Å². The maximum absolute atomic E-state index is 12.8. The third-order valence-corrected chi connectivity index (χ3v) is 8.06. The second-order valence-corrected chi connectivity index (χ2v) is 10.9. The van der Waals surface area contributed by atoms with E-state index in [4.69, 9.17) is 5.73 Å². The van der Waals surface area contributed by atoms with Gasteiger partial charge in [-0.05, 0) is 52.3 Å². The van der Waals surface area contributed by atoms with Crippen molar-refractivity contribution < 1.29 is 9.59 Å². The molecule has 5 heterocycles. The summed E-state index contributed by atoms with van der Waals surface area (Å²) < 4.78 is 3.43. The lowest BCUT2D eigenvalue weighted by Gasteiger charge is -2.31. The minimum atomic E-state index is -0.539. The molecule has 2 amide bonds. The summed E-state index contributed by atoms with van der Waals surface area (Å²) in [6, 6.07) is 3.81. The normalized spacial score (nSPS) is 15.6. The molecule has 0 saturated carbocycles. The third-order valence-electron chi connectivity index (χ3n) is 6.87. The van der Waals surface area contributed by atoms with Crippen molar-refractivity contribution >= 4 is 33.7 Å². The van der Waals surface area contributed by atoms with Crippen molar-refractivity contribution in [1.82, 2.24) is 29.3 Å². The van der Waals surface area contributed by atoms with Gasteiger partial charge in [0.2, 0.25) is 5.91 Å². The molecular weight excluding hydrogens is 476 g/mol. The highest BCUT2D eigenvalue weighted by Crippen LogP contribution is 2.41. The van der Waals surface area contributed by atoms with Gasteiger partial charge in [0.05, 0.1) is 34.2 Å². The zero-order valence-corrected chi connectivity index (χ0v) is 21.7. The monoisotopic (exact) mass is 506 g/mol. The molecule has 1 fully saturated rings. The van der Waals surface area contributed by atoms with Gasteiger partial charge in [-0.15, -0.1) is 11.3 Å². The molecule has 0 spiro atoms. The molecule has 3 N–H and O–H groups in total. The van der Waals surface area contributed by atoms with Crippen LogP contribution in [0.4, 0.5) is 5.69 Å². The number of pyridine rings is 1. The molecule has 36 heavy (non-hydrogen) atoms. The Kier molecular flexibility index (Phi) is 6.13. The summed E-state index contributed by atoms with van der Waals surface area (Å²) >= 11 is 1.40. The summed E-state index contributed by atoms with van der Waals surface area (Å²) in [6.45, 7) is 8.11. The number of thiazole rings is 1. The Morgan fingerprint density at radius 2 is 2.08 bits per heavy atom. The van der Waals surface area contributed by atoms with Crippen LogP contribution in [0.2, 0.25) is 0 Å². The molecule has 4 aromatic rings. The number of rotatable bonds is 7. The Bertz CT molecular complexity index is 1460. The van der Waals surface area contributed by atoms with Crippen LogP contribution in [0.1, 0.15) is 49.2 Å². The number of likely N-dealkylation sites (tertiary alicyclic amines) is 1. The number of anilines is 1. The van der Waals surface area contributed by atoms with E-state index in [1.54, 1.807) is 15.4 Å². The first-order chi connectivity index (χ1) is 17.1. The highest BCUT2D eigenvalue weighted by Gasteiger charge is 2.31. The van der Waals surface area contributed by atoms with E-state index in [2.05, 4.69) is 39.2 Å². The molecule has 0 radical (unpaired) electrons. The summed E-state index contributed by atoms with van der Waals surface area (Å²) in [7, 11) is 1.85. The van der Waals surface area contributed by atoms with Gasteiger partial charge in [-0.2, -0.15) is 10.2 Å². The van der Waals surface area contributed by atoms with Gasteiger partial charge < -0.3 is 11.1 Å². The predicted molar refractivity (Wildman–Crippen MR) is 140 cm³/mol. The molecule has 5 rings (SSSR count). The zero-order valence-electron chi connectivity index (χ0n) is 20.9. The Hall–Kier alpha value is -3.57.